The van der Waals surface area contributed by atoms with Gasteiger partial charge in [0, 0.05) is 44.0 Å². The molecule has 4 aliphatic heterocycles. The molecule has 12 nitrogen and oxygen atoms in total. The highest BCUT2D eigenvalue weighted by Gasteiger charge is 2.36. The third-order valence-electron chi connectivity index (χ3n) is 6.99. The van der Waals surface area contributed by atoms with Gasteiger partial charge < -0.3 is 24.6 Å². The number of anilines is 4. The number of carbonyl (C=O) groups is 1. The van der Waals surface area contributed by atoms with Gasteiger partial charge in [0.05, 0.1) is 37.7 Å². The van der Waals surface area contributed by atoms with E-state index in [0.717, 1.165) is 43.7 Å². The van der Waals surface area contributed by atoms with Gasteiger partial charge in [0.25, 0.3) is 0 Å². The van der Waals surface area contributed by atoms with Crippen LogP contribution in [0.5, 0.6) is 0 Å². The first-order valence-electron chi connectivity index (χ1n) is 12.7. The topological polar surface area (TPSA) is 123 Å². The summed E-state index contributed by atoms with van der Waals surface area (Å²) < 4.78 is 13.1. The van der Waals surface area contributed by atoms with Crippen molar-refractivity contribution in [3.8, 4) is 11.4 Å². The Morgan fingerprint density at radius 2 is 1.81 bits per heavy atom. The first-order valence-corrected chi connectivity index (χ1v) is 12.7. The zero-order chi connectivity index (χ0) is 25.4. The van der Waals surface area contributed by atoms with E-state index < -0.39 is 0 Å². The van der Waals surface area contributed by atoms with Gasteiger partial charge >= 0.3 is 6.03 Å². The van der Waals surface area contributed by atoms with E-state index in [-0.39, 0.29) is 18.2 Å². The summed E-state index contributed by atoms with van der Waals surface area (Å²) in [6.45, 7) is 6.17. The van der Waals surface area contributed by atoms with Gasteiger partial charge in [-0.1, -0.05) is 0 Å². The SMILES string of the molecule is Cc1cc(NC(=O)Nc2ccc(-c3nc(N4CCOCC4)nc(N4CC5CCC4CO5)n3)cc2)n(C)n1. The molecule has 2 bridgehead atoms. The monoisotopic (exact) mass is 505 g/mol. The number of hydrogen-bond donors (Lipinski definition) is 2. The number of hydrogen-bond acceptors (Lipinski definition) is 9. The van der Waals surface area contributed by atoms with Gasteiger partial charge in [0.2, 0.25) is 11.9 Å². The Morgan fingerprint density at radius 1 is 1.03 bits per heavy atom. The van der Waals surface area contributed by atoms with Crippen molar-refractivity contribution in [1.82, 2.24) is 24.7 Å². The number of benzene rings is 1. The molecule has 2 N–H and O–H groups in total. The fourth-order valence-electron chi connectivity index (χ4n) is 5.02. The number of amides is 2. The maximum atomic E-state index is 12.5. The number of rotatable bonds is 5. The van der Waals surface area contributed by atoms with Gasteiger partial charge in [-0.05, 0) is 44.0 Å². The molecule has 2 amide bonds. The number of ether oxygens (including phenoxy) is 2. The van der Waals surface area contributed by atoms with E-state index in [9.17, 15) is 4.79 Å². The van der Waals surface area contributed by atoms with Crippen LogP contribution < -0.4 is 20.4 Å². The molecule has 0 spiro atoms. The maximum Gasteiger partial charge on any atom is 0.324 e. The van der Waals surface area contributed by atoms with E-state index in [1.165, 1.54) is 0 Å². The third-order valence-corrected chi connectivity index (χ3v) is 6.99. The van der Waals surface area contributed by atoms with E-state index in [4.69, 9.17) is 24.4 Å². The van der Waals surface area contributed by atoms with Gasteiger partial charge in [-0.3, -0.25) is 10.00 Å². The first-order chi connectivity index (χ1) is 18.0. The average molecular weight is 506 g/mol. The minimum Gasteiger partial charge on any atom is -0.378 e. The van der Waals surface area contributed by atoms with Crippen molar-refractivity contribution in [1.29, 1.82) is 0 Å². The van der Waals surface area contributed by atoms with Gasteiger partial charge in [0.1, 0.15) is 5.82 Å². The van der Waals surface area contributed by atoms with Crippen LogP contribution in [0.1, 0.15) is 18.5 Å². The molecule has 4 fully saturated rings. The molecule has 6 heterocycles. The lowest BCUT2D eigenvalue weighted by Crippen LogP contribution is -2.55. The molecule has 2 aromatic heterocycles. The maximum absolute atomic E-state index is 12.5. The summed E-state index contributed by atoms with van der Waals surface area (Å²) in [6, 6.07) is 9.28. The highest BCUT2D eigenvalue weighted by Crippen LogP contribution is 2.31. The lowest BCUT2D eigenvalue weighted by Gasteiger charge is -2.45. The quantitative estimate of drug-likeness (QED) is 0.538. The van der Waals surface area contributed by atoms with Crippen molar-refractivity contribution in [2.24, 2.45) is 7.05 Å². The number of aromatic nitrogens is 5. The second-order valence-electron chi connectivity index (χ2n) is 9.65. The number of nitrogens with one attached hydrogen (secondary N) is 2. The predicted molar refractivity (Wildman–Crippen MR) is 139 cm³/mol. The van der Waals surface area contributed by atoms with Crippen molar-refractivity contribution in [2.75, 3.05) is 59.9 Å². The normalized spacial score (nSPS) is 21.2. The summed E-state index contributed by atoms with van der Waals surface area (Å²) in [4.78, 5) is 31.5. The van der Waals surface area contributed by atoms with E-state index in [1.54, 1.807) is 11.7 Å². The number of piperidine rings is 1. The summed E-state index contributed by atoms with van der Waals surface area (Å²) >= 11 is 0. The molecule has 0 radical (unpaired) electrons. The number of aryl methyl sites for hydroxylation is 2. The standard InChI is InChI=1S/C25H31N9O3/c1-16-13-21(32(2)31-16)27-25(35)26-18-5-3-17(4-6-18)22-28-23(33-9-11-36-12-10-33)30-24(29-22)34-14-20-8-7-19(34)15-37-20/h3-6,13,19-20H,7-12,14-15H2,1-2H3,(H2,26,27,35). The summed E-state index contributed by atoms with van der Waals surface area (Å²) in [6.07, 6.45) is 2.39. The summed E-state index contributed by atoms with van der Waals surface area (Å²) in [5, 5.41) is 9.92. The molecule has 4 aliphatic rings. The summed E-state index contributed by atoms with van der Waals surface area (Å²) in [7, 11) is 1.79. The third kappa shape index (κ3) is 5.07. The molecule has 7 rings (SSSR count). The van der Waals surface area contributed by atoms with Crippen LogP contribution in [0.2, 0.25) is 0 Å². The molecule has 3 aromatic rings. The number of fused-ring (bicyclic) bond motifs is 3. The van der Waals surface area contributed by atoms with Crippen molar-refractivity contribution in [3.63, 3.8) is 0 Å². The fraction of sp³-hybridized carbons (Fsp3) is 0.480. The van der Waals surface area contributed by atoms with Crippen molar-refractivity contribution in [2.45, 2.75) is 31.9 Å². The molecular weight excluding hydrogens is 474 g/mol. The lowest BCUT2D eigenvalue weighted by molar-refractivity contribution is -0.0232. The highest BCUT2D eigenvalue weighted by molar-refractivity contribution is 5.99. The Kier molecular flexibility index (Phi) is 6.35. The largest absolute Gasteiger partial charge is 0.378 e. The van der Waals surface area contributed by atoms with E-state index in [0.29, 0.717) is 49.0 Å². The van der Waals surface area contributed by atoms with Crippen molar-refractivity contribution < 1.29 is 14.3 Å². The van der Waals surface area contributed by atoms with Gasteiger partial charge in [-0.25, -0.2) is 4.79 Å². The van der Waals surface area contributed by atoms with Crippen LogP contribution in [0.3, 0.4) is 0 Å². The fourth-order valence-corrected chi connectivity index (χ4v) is 5.02. The van der Waals surface area contributed by atoms with E-state index in [1.807, 2.05) is 37.3 Å². The van der Waals surface area contributed by atoms with Crippen LogP contribution in [0.15, 0.2) is 30.3 Å². The highest BCUT2D eigenvalue weighted by atomic mass is 16.5. The van der Waals surface area contributed by atoms with Crippen molar-refractivity contribution >= 4 is 29.4 Å². The zero-order valence-electron chi connectivity index (χ0n) is 21.1. The molecule has 0 aliphatic carbocycles. The lowest BCUT2D eigenvalue weighted by atomic mass is 9.97. The number of nitrogens with zero attached hydrogens (tertiary/aromatic N) is 7. The van der Waals surface area contributed by atoms with Gasteiger partial charge in [-0.2, -0.15) is 20.1 Å². The average Bonchev–Trinajstić information content (AvgIpc) is 3.25. The molecule has 194 valence electrons. The molecule has 2 unspecified atom stereocenters. The van der Waals surface area contributed by atoms with Crippen LogP contribution in [-0.2, 0) is 16.5 Å². The second-order valence-corrected chi connectivity index (χ2v) is 9.65. The Balaban J connectivity index is 1.23. The molecule has 1 aromatic carbocycles. The molecule has 37 heavy (non-hydrogen) atoms. The molecule has 12 heteroatoms. The molecule has 0 saturated carbocycles. The van der Waals surface area contributed by atoms with Crippen LogP contribution in [0.4, 0.5) is 28.2 Å². The second kappa shape index (κ2) is 9.94. The minimum atomic E-state index is -0.338. The number of morpholine rings is 2. The first kappa shape index (κ1) is 23.6. The molecule has 4 saturated heterocycles. The zero-order valence-corrected chi connectivity index (χ0v) is 21.1. The van der Waals surface area contributed by atoms with Gasteiger partial charge in [-0.15, -0.1) is 0 Å². The summed E-state index contributed by atoms with van der Waals surface area (Å²) in [5.41, 5.74) is 2.35. The Hall–Kier alpha value is -3.77. The minimum absolute atomic E-state index is 0.226. The van der Waals surface area contributed by atoms with Crippen LogP contribution in [0, 0.1) is 6.92 Å². The molecule has 2 atom stereocenters. The Bertz CT molecular complexity index is 1260. The van der Waals surface area contributed by atoms with Gasteiger partial charge in [0.15, 0.2) is 5.82 Å². The van der Waals surface area contributed by atoms with Crippen LogP contribution in [-0.4, -0.2) is 82.4 Å². The summed E-state index contributed by atoms with van der Waals surface area (Å²) in [5.74, 6) is 2.59. The van der Waals surface area contributed by atoms with Crippen LogP contribution in [0.25, 0.3) is 11.4 Å². The number of carbonyl (C=O) groups excluding carboxylic acids is 1. The van der Waals surface area contributed by atoms with E-state index >= 15 is 0 Å². The van der Waals surface area contributed by atoms with E-state index in [2.05, 4.69) is 25.5 Å². The molecular formula is C25H31N9O3. The van der Waals surface area contributed by atoms with Crippen LogP contribution >= 0.6 is 0 Å². The Labute approximate surface area is 215 Å². The Morgan fingerprint density at radius 3 is 2.46 bits per heavy atom. The predicted octanol–water partition coefficient (Wildman–Crippen LogP) is 2.43. The smallest absolute Gasteiger partial charge is 0.324 e. The number of urea groups is 1. The van der Waals surface area contributed by atoms with Crippen molar-refractivity contribution in [3.05, 3.63) is 36.0 Å².